The molecule has 5 rings (SSSR count). The number of hydrogen-bond donors (Lipinski definition) is 1. The zero-order chi connectivity index (χ0) is 15.9. The van der Waals surface area contributed by atoms with Crippen LogP contribution in [0.4, 0.5) is 5.82 Å². The minimum atomic E-state index is 0.483. The molecule has 6 nitrogen and oxygen atoms in total. The number of anilines is 1. The molecule has 3 aromatic rings. The summed E-state index contributed by atoms with van der Waals surface area (Å²) >= 11 is 0. The molecular weight excluding hydrogens is 300 g/mol. The standard InChI is InChI=1S/C18H22N6/c1-2-14(17-20-7-9-24(17)10-13-3-4-13)11-23(8-1)18-15-5-6-19-16(15)21-12-22-18/h5-7,9,12-14H,1-4,8,10-11H2,(H,19,21,22)/t14-/m1/s1. The number of H-pyrrole nitrogens is 1. The van der Waals surface area contributed by atoms with Crippen LogP contribution >= 0.6 is 0 Å². The van der Waals surface area contributed by atoms with Gasteiger partial charge in [0.1, 0.15) is 23.6 Å². The van der Waals surface area contributed by atoms with Crippen LogP contribution in [-0.4, -0.2) is 37.6 Å². The third-order valence-electron chi connectivity index (χ3n) is 5.32. The van der Waals surface area contributed by atoms with Crippen molar-refractivity contribution in [3.8, 4) is 0 Å². The highest BCUT2D eigenvalue weighted by Crippen LogP contribution is 2.34. The molecule has 1 saturated heterocycles. The highest BCUT2D eigenvalue weighted by molar-refractivity contribution is 5.87. The maximum atomic E-state index is 4.70. The Kier molecular flexibility index (Phi) is 3.28. The second-order valence-corrected chi connectivity index (χ2v) is 7.10. The normalized spacial score (nSPS) is 21.5. The lowest BCUT2D eigenvalue weighted by Gasteiger charge is -2.33. The first-order chi connectivity index (χ1) is 11.9. The van der Waals surface area contributed by atoms with Gasteiger partial charge in [-0.2, -0.15) is 0 Å². The molecule has 6 heteroatoms. The first-order valence-electron chi connectivity index (χ1n) is 8.92. The Morgan fingerprint density at radius 1 is 1.17 bits per heavy atom. The van der Waals surface area contributed by atoms with E-state index >= 15 is 0 Å². The van der Waals surface area contributed by atoms with Crippen LogP contribution in [0, 0.1) is 5.92 Å². The number of imidazole rings is 1. The minimum absolute atomic E-state index is 0.483. The van der Waals surface area contributed by atoms with E-state index in [2.05, 4.69) is 36.7 Å². The van der Waals surface area contributed by atoms with Crippen molar-refractivity contribution in [1.82, 2.24) is 24.5 Å². The highest BCUT2D eigenvalue weighted by atomic mass is 15.2. The first-order valence-corrected chi connectivity index (χ1v) is 8.92. The summed E-state index contributed by atoms with van der Waals surface area (Å²) < 4.78 is 2.39. The van der Waals surface area contributed by atoms with Crippen molar-refractivity contribution in [2.75, 3.05) is 18.0 Å². The summed E-state index contributed by atoms with van der Waals surface area (Å²) in [5, 5.41) is 1.11. The van der Waals surface area contributed by atoms with Gasteiger partial charge in [0.25, 0.3) is 0 Å². The molecule has 0 amide bonds. The number of rotatable bonds is 4. The molecule has 124 valence electrons. The average Bonchev–Trinajstić information content (AvgIpc) is 3.10. The Balaban J connectivity index is 1.42. The van der Waals surface area contributed by atoms with Crippen LogP contribution in [0.2, 0.25) is 0 Å². The van der Waals surface area contributed by atoms with Crippen LogP contribution in [0.3, 0.4) is 0 Å². The van der Waals surface area contributed by atoms with Gasteiger partial charge in [-0.3, -0.25) is 0 Å². The van der Waals surface area contributed by atoms with Gasteiger partial charge in [-0.15, -0.1) is 0 Å². The van der Waals surface area contributed by atoms with Crippen LogP contribution in [0.15, 0.2) is 31.0 Å². The SMILES string of the molecule is c1cn(CC2CC2)c([C@@H]2CCCN(c3ncnc4[nH]ccc34)C2)n1. The summed E-state index contributed by atoms with van der Waals surface area (Å²) in [6.07, 6.45) is 12.9. The van der Waals surface area contributed by atoms with Gasteiger partial charge in [0, 0.05) is 44.1 Å². The quantitative estimate of drug-likeness (QED) is 0.802. The van der Waals surface area contributed by atoms with E-state index in [-0.39, 0.29) is 0 Å². The third-order valence-corrected chi connectivity index (χ3v) is 5.32. The number of hydrogen-bond acceptors (Lipinski definition) is 4. The molecule has 1 atom stereocenters. The summed E-state index contributed by atoms with van der Waals surface area (Å²) in [4.78, 5) is 19.2. The molecule has 1 aliphatic carbocycles. The maximum absolute atomic E-state index is 4.70. The Morgan fingerprint density at radius 2 is 2.12 bits per heavy atom. The van der Waals surface area contributed by atoms with Crippen LogP contribution in [0.25, 0.3) is 11.0 Å². The van der Waals surface area contributed by atoms with Crippen molar-refractivity contribution in [3.63, 3.8) is 0 Å². The largest absolute Gasteiger partial charge is 0.355 e. The molecule has 0 radical (unpaired) electrons. The number of nitrogens with zero attached hydrogens (tertiary/aromatic N) is 5. The van der Waals surface area contributed by atoms with Crippen molar-refractivity contribution in [2.45, 2.75) is 38.1 Å². The zero-order valence-corrected chi connectivity index (χ0v) is 13.7. The molecule has 2 aliphatic rings. The second-order valence-electron chi connectivity index (χ2n) is 7.10. The molecule has 0 aromatic carbocycles. The first kappa shape index (κ1) is 14.0. The lowest BCUT2D eigenvalue weighted by atomic mass is 9.97. The molecular formula is C18H22N6. The molecule has 24 heavy (non-hydrogen) atoms. The predicted octanol–water partition coefficient (Wildman–Crippen LogP) is 2.95. The van der Waals surface area contributed by atoms with E-state index in [9.17, 15) is 0 Å². The van der Waals surface area contributed by atoms with Gasteiger partial charge >= 0.3 is 0 Å². The zero-order valence-electron chi connectivity index (χ0n) is 13.7. The lowest BCUT2D eigenvalue weighted by Crippen LogP contribution is -2.36. The van der Waals surface area contributed by atoms with Crippen molar-refractivity contribution >= 4 is 16.9 Å². The lowest BCUT2D eigenvalue weighted by molar-refractivity contribution is 0.462. The monoisotopic (exact) mass is 322 g/mol. The van der Waals surface area contributed by atoms with Crippen molar-refractivity contribution in [2.24, 2.45) is 5.92 Å². The van der Waals surface area contributed by atoms with Crippen molar-refractivity contribution in [1.29, 1.82) is 0 Å². The van der Waals surface area contributed by atoms with E-state index in [0.717, 1.165) is 42.4 Å². The van der Waals surface area contributed by atoms with E-state index in [0.29, 0.717) is 5.92 Å². The summed E-state index contributed by atoms with van der Waals surface area (Å²) in [5.74, 6) is 3.66. The number of piperidine rings is 1. The van der Waals surface area contributed by atoms with E-state index in [1.807, 2.05) is 12.4 Å². The molecule has 0 spiro atoms. The van der Waals surface area contributed by atoms with Gasteiger partial charge in [-0.25, -0.2) is 15.0 Å². The Hall–Kier alpha value is -2.37. The molecule has 0 bridgehead atoms. The Labute approximate surface area is 140 Å². The fourth-order valence-corrected chi connectivity index (χ4v) is 3.90. The smallest absolute Gasteiger partial charge is 0.142 e. The Morgan fingerprint density at radius 3 is 3.04 bits per heavy atom. The van der Waals surface area contributed by atoms with Gasteiger partial charge < -0.3 is 14.5 Å². The van der Waals surface area contributed by atoms with E-state index in [1.165, 1.54) is 31.5 Å². The molecule has 2 fully saturated rings. The minimum Gasteiger partial charge on any atom is -0.355 e. The average molecular weight is 322 g/mol. The van der Waals surface area contributed by atoms with Gasteiger partial charge in [0.15, 0.2) is 0 Å². The van der Waals surface area contributed by atoms with Crippen LogP contribution in [-0.2, 0) is 6.54 Å². The number of aromatic nitrogens is 5. The topological polar surface area (TPSA) is 62.6 Å². The van der Waals surface area contributed by atoms with Crippen LogP contribution in [0.5, 0.6) is 0 Å². The van der Waals surface area contributed by atoms with Gasteiger partial charge in [-0.05, 0) is 37.7 Å². The Bertz CT molecular complexity index is 846. The van der Waals surface area contributed by atoms with Gasteiger partial charge in [0.05, 0.1) is 5.39 Å². The number of aromatic amines is 1. The van der Waals surface area contributed by atoms with Crippen molar-refractivity contribution < 1.29 is 0 Å². The molecule has 1 N–H and O–H groups in total. The third kappa shape index (κ3) is 2.46. The maximum Gasteiger partial charge on any atom is 0.142 e. The molecule has 0 unspecified atom stereocenters. The summed E-state index contributed by atoms with van der Waals surface area (Å²) in [6, 6.07) is 2.07. The number of nitrogens with one attached hydrogen (secondary N) is 1. The van der Waals surface area contributed by atoms with Crippen LogP contribution in [0.1, 0.15) is 37.4 Å². The second kappa shape index (κ2) is 5.61. The van der Waals surface area contributed by atoms with E-state index in [4.69, 9.17) is 4.98 Å². The highest BCUT2D eigenvalue weighted by Gasteiger charge is 2.28. The summed E-state index contributed by atoms with van der Waals surface area (Å²) in [6.45, 7) is 3.18. The summed E-state index contributed by atoms with van der Waals surface area (Å²) in [5.41, 5.74) is 0.914. The molecule has 3 aromatic heterocycles. The fourth-order valence-electron chi connectivity index (χ4n) is 3.90. The van der Waals surface area contributed by atoms with Crippen molar-refractivity contribution in [3.05, 3.63) is 36.8 Å². The predicted molar refractivity (Wildman–Crippen MR) is 93.0 cm³/mol. The molecule has 1 aliphatic heterocycles. The van der Waals surface area contributed by atoms with Gasteiger partial charge in [0.2, 0.25) is 0 Å². The molecule has 1 saturated carbocycles. The van der Waals surface area contributed by atoms with Gasteiger partial charge in [-0.1, -0.05) is 0 Å². The number of fused-ring (bicyclic) bond motifs is 1. The summed E-state index contributed by atoms with van der Waals surface area (Å²) in [7, 11) is 0. The van der Waals surface area contributed by atoms with E-state index in [1.54, 1.807) is 6.33 Å². The molecule has 4 heterocycles. The van der Waals surface area contributed by atoms with E-state index < -0.39 is 0 Å². The van der Waals surface area contributed by atoms with Crippen LogP contribution < -0.4 is 4.90 Å². The fraction of sp³-hybridized carbons (Fsp3) is 0.500.